The first kappa shape index (κ1) is 14.2. The fraction of sp³-hybridized carbons (Fsp3) is 0.429. The van der Waals surface area contributed by atoms with Gasteiger partial charge in [0.05, 0.1) is 17.7 Å². The molecule has 0 aliphatic carbocycles. The Bertz CT molecular complexity index is 462. The molecule has 0 aliphatic heterocycles. The van der Waals surface area contributed by atoms with Gasteiger partial charge >= 0.3 is 0 Å². The molecule has 0 aliphatic rings. The number of nitriles is 1. The predicted octanol–water partition coefficient (Wildman–Crippen LogP) is 1.50. The summed E-state index contributed by atoms with van der Waals surface area (Å²) in [5.41, 5.74) is 7.36. The molecule has 18 heavy (non-hydrogen) atoms. The van der Waals surface area contributed by atoms with Gasteiger partial charge in [0.25, 0.3) is 0 Å². The van der Waals surface area contributed by atoms with E-state index in [-0.39, 0.29) is 11.8 Å². The van der Waals surface area contributed by atoms with Gasteiger partial charge in [0.2, 0.25) is 5.91 Å². The highest BCUT2D eigenvalue weighted by atomic mass is 16.2. The second-order valence-corrected chi connectivity index (χ2v) is 4.78. The maximum Gasteiger partial charge on any atom is 0.239 e. The highest BCUT2D eigenvalue weighted by Crippen LogP contribution is 2.09. The zero-order valence-electron chi connectivity index (χ0n) is 11.1. The van der Waals surface area contributed by atoms with Crippen LogP contribution in [0, 0.1) is 17.2 Å². The van der Waals surface area contributed by atoms with E-state index in [1.807, 2.05) is 26.0 Å². The number of likely N-dealkylation sites (N-methyl/N-ethyl adjacent to an activating group) is 1. The van der Waals surface area contributed by atoms with Crippen LogP contribution in [0.3, 0.4) is 0 Å². The van der Waals surface area contributed by atoms with Gasteiger partial charge in [0.1, 0.15) is 0 Å². The topological polar surface area (TPSA) is 70.1 Å². The Labute approximate surface area is 108 Å². The van der Waals surface area contributed by atoms with Crippen LogP contribution in [0.1, 0.15) is 25.0 Å². The predicted molar refractivity (Wildman–Crippen MR) is 70.4 cm³/mol. The Hall–Kier alpha value is -1.86. The first-order chi connectivity index (χ1) is 8.45. The lowest BCUT2D eigenvalue weighted by atomic mass is 10.0. The Morgan fingerprint density at radius 1 is 1.50 bits per heavy atom. The standard InChI is InChI=1S/C14H19N3O/c1-10(2)13(16)14(18)17(3)9-12-6-4-5-11(7-12)8-15/h4-7,10,13H,9,16H2,1-3H3. The van der Waals surface area contributed by atoms with Crippen LogP contribution in [0.5, 0.6) is 0 Å². The average molecular weight is 245 g/mol. The van der Waals surface area contributed by atoms with E-state index in [9.17, 15) is 4.79 Å². The van der Waals surface area contributed by atoms with Crippen LogP contribution in [-0.2, 0) is 11.3 Å². The van der Waals surface area contributed by atoms with E-state index in [0.717, 1.165) is 5.56 Å². The zero-order valence-corrected chi connectivity index (χ0v) is 11.1. The SMILES string of the molecule is CC(C)C(N)C(=O)N(C)Cc1cccc(C#N)c1. The van der Waals surface area contributed by atoms with Crippen LogP contribution in [-0.4, -0.2) is 23.9 Å². The molecular formula is C14H19N3O. The van der Waals surface area contributed by atoms with Crippen molar-refractivity contribution in [2.24, 2.45) is 11.7 Å². The fourth-order valence-corrected chi connectivity index (χ4v) is 1.63. The molecule has 0 fully saturated rings. The molecule has 0 saturated heterocycles. The summed E-state index contributed by atoms with van der Waals surface area (Å²) in [7, 11) is 1.73. The summed E-state index contributed by atoms with van der Waals surface area (Å²) in [5, 5.41) is 8.82. The van der Waals surface area contributed by atoms with Gasteiger partial charge in [0, 0.05) is 13.6 Å². The van der Waals surface area contributed by atoms with Crippen molar-refractivity contribution in [2.75, 3.05) is 7.05 Å². The normalized spacial score (nSPS) is 12.0. The van der Waals surface area contributed by atoms with Crippen LogP contribution < -0.4 is 5.73 Å². The molecule has 2 N–H and O–H groups in total. The van der Waals surface area contributed by atoms with Gasteiger partial charge in [-0.05, 0) is 23.6 Å². The van der Waals surface area contributed by atoms with Crippen LogP contribution in [0.15, 0.2) is 24.3 Å². The number of benzene rings is 1. The molecule has 0 bridgehead atoms. The molecule has 0 heterocycles. The molecule has 1 aromatic rings. The molecule has 96 valence electrons. The van der Waals surface area contributed by atoms with Crippen molar-refractivity contribution >= 4 is 5.91 Å². The van der Waals surface area contributed by atoms with Gasteiger partial charge in [-0.2, -0.15) is 5.26 Å². The first-order valence-corrected chi connectivity index (χ1v) is 5.95. The lowest BCUT2D eigenvalue weighted by molar-refractivity contribution is -0.132. The van der Waals surface area contributed by atoms with Crippen molar-refractivity contribution in [3.8, 4) is 6.07 Å². The highest BCUT2D eigenvalue weighted by molar-refractivity contribution is 5.81. The lowest BCUT2D eigenvalue weighted by Gasteiger charge is -2.23. The third-order valence-electron chi connectivity index (χ3n) is 2.86. The Morgan fingerprint density at radius 2 is 2.17 bits per heavy atom. The third-order valence-corrected chi connectivity index (χ3v) is 2.86. The second kappa shape index (κ2) is 6.18. The first-order valence-electron chi connectivity index (χ1n) is 5.95. The van der Waals surface area contributed by atoms with E-state index >= 15 is 0 Å². The number of hydrogen-bond acceptors (Lipinski definition) is 3. The summed E-state index contributed by atoms with van der Waals surface area (Å²) in [5.74, 6) is 0.0396. The number of nitrogens with two attached hydrogens (primary N) is 1. The maximum absolute atomic E-state index is 12.0. The largest absolute Gasteiger partial charge is 0.340 e. The smallest absolute Gasteiger partial charge is 0.239 e. The fourth-order valence-electron chi connectivity index (χ4n) is 1.63. The zero-order chi connectivity index (χ0) is 13.7. The van der Waals surface area contributed by atoms with Gasteiger partial charge in [-0.1, -0.05) is 26.0 Å². The van der Waals surface area contributed by atoms with Gasteiger partial charge in [0.15, 0.2) is 0 Å². The van der Waals surface area contributed by atoms with Crippen molar-refractivity contribution in [1.29, 1.82) is 5.26 Å². The summed E-state index contributed by atoms with van der Waals surface area (Å²) in [6.07, 6.45) is 0. The molecule has 0 radical (unpaired) electrons. The van der Waals surface area contributed by atoms with Crippen LogP contribution in [0.25, 0.3) is 0 Å². The van der Waals surface area contributed by atoms with Gasteiger partial charge < -0.3 is 10.6 Å². The van der Waals surface area contributed by atoms with Crippen molar-refractivity contribution in [2.45, 2.75) is 26.4 Å². The molecular weight excluding hydrogens is 226 g/mol. The van der Waals surface area contributed by atoms with Crippen LogP contribution in [0.4, 0.5) is 0 Å². The molecule has 0 aromatic heterocycles. The van der Waals surface area contributed by atoms with Gasteiger partial charge in [-0.15, -0.1) is 0 Å². The number of rotatable bonds is 4. The minimum absolute atomic E-state index is 0.0765. The third kappa shape index (κ3) is 3.57. The van der Waals surface area contributed by atoms with E-state index in [1.165, 1.54) is 0 Å². The number of carbonyl (C=O) groups is 1. The van der Waals surface area contributed by atoms with Crippen molar-refractivity contribution in [3.63, 3.8) is 0 Å². The van der Waals surface area contributed by atoms with Gasteiger partial charge in [-0.3, -0.25) is 4.79 Å². The summed E-state index contributed by atoms with van der Waals surface area (Å²) in [6, 6.07) is 8.84. The summed E-state index contributed by atoms with van der Waals surface area (Å²) >= 11 is 0. The average Bonchev–Trinajstić information content (AvgIpc) is 2.36. The van der Waals surface area contributed by atoms with Crippen molar-refractivity contribution < 1.29 is 4.79 Å². The molecule has 4 nitrogen and oxygen atoms in total. The highest BCUT2D eigenvalue weighted by Gasteiger charge is 2.20. The van der Waals surface area contributed by atoms with E-state index in [4.69, 9.17) is 11.0 Å². The van der Waals surface area contributed by atoms with Crippen LogP contribution in [0.2, 0.25) is 0 Å². The van der Waals surface area contributed by atoms with Crippen LogP contribution >= 0.6 is 0 Å². The Balaban J connectivity index is 2.72. The summed E-state index contributed by atoms with van der Waals surface area (Å²) in [6.45, 7) is 4.31. The number of hydrogen-bond donors (Lipinski definition) is 1. The molecule has 1 rings (SSSR count). The summed E-state index contributed by atoms with van der Waals surface area (Å²) < 4.78 is 0. The van der Waals surface area contributed by atoms with E-state index in [0.29, 0.717) is 12.1 Å². The van der Waals surface area contributed by atoms with E-state index < -0.39 is 6.04 Å². The van der Waals surface area contributed by atoms with E-state index in [2.05, 4.69) is 6.07 Å². The summed E-state index contributed by atoms with van der Waals surface area (Å²) in [4.78, 5) is 13.6. The quantitative estimate of drug-likeness (QED) is 0.874. The van der Waals surface area contributed by atoms with E-state index in [1.54, 1.807) is 24.1 Å². The molecule has 1 aromatic carbocycles. The minimum Gasteiger partial charge on any atom is -0.340 e. The molecule has 0 saturated carbocycles. The molecule has 0 spiro atoms. The van der Waals surface area contributed by atoms with Gasteiger partial charge in [-0.25, -0.2) is 0 Å². The Morgan fingerprint density at radius 3 is 2.72 bits per heavy atom. The maximum atomic E-state index is 12.0. The number of amides is 1. The Kier molecular flexibility index (Phi) is 4.87. The number of carbonyl (C=O) groups excluding carboxylic acids is 1. The monoisotopic (exact) mass is 245 g/mol. The van der Waals surface area contributed by atoms with Crippen molar-refractivity contribution in [3.05, 3.63) is 35.4 Å². The molecule has 1 amide bonds. The van der Waals surface area contributed by atoms with Crippen molar-refractivity contribution in [1.82, 2.24) is 4.90 Å². The minimum atomic E-state index is -0.478. The molecule has 4 heteroatoms. The molecule has 1 unspecified atom stereocenters. The lowest BCUT2D eigenvalue weighted by Crippen LogP contribution is -2.44. The number of nitrogens with zero attached hydrogens (tertiary/aromatic N) is 2. The second-order valence-electron chi connectivity index (χ2n) is 4.78. The molecule has 1 atom stereocenters.